The highest BCUT2D eigenvalue weighted by Gasteiger charge is 2.17. The number of nitrogens with one attached hydrogen (secondary N) is 2. The molecular weight excluding hydrogens is 282 g/mol. The maximum absolute atomic E-state index is 13.7. The van der Waals surface area contributed by atoms with E-state index >= 15 is 0 Å². The first-order chi connectivity index (χ1) is 9.97. The molecule has 2 unspecified atom stereocenters. The van der Waals surface area contributed by atoms with E-state index in [0.29, 0.717) is 6.42 Å². The van der Waals surface area contributed by atoms with Crippen molar-refractivity contribution < 1.29 is 23.4 Å². The molecule has 2 amide bonds. The summed E-state index contributed by atoms with van der Waals surface area (Å²) in [5.41, 5.74) is 0.214. The number of carbonyl (C=O) groups is 1. The van der Waals surface area contributed by atoms with Crippen LogP contribution in [0.5, 0.6) is 0 Å². The predicted octanol–water partition coefficient (Wildman–Crippen LogP) is 1.72. The van der Waals surface area contributed by atoms with Crippen molar-refractivity contribution in [2.75, 3.05) is 20.3 Å². The summed E-state index contributed by atoms with van der Waals surface area (Å²) in [6, 6.07) is 2.10. The number of ether oxygens (including phenoxy) is 1. The molecule has 118 valence electrons. The average molecular weight is 302 g/mol. The maximum Gasteiger partial charge on any atom is 0.315 e. The summed E-state index contributed by atoms with van der Waals surface area (Å²) in [7, 11) is 1.44. The summed E-state index contributed by atoms with van der Waals surface area (Å²) >= 11 is 0. The van der Waals surface area contributed by atoms with E-state index in [2.05, 4.69) is 10.6 Å². The molecule has 2 atom stereocenters. The topological polar surface area (TPSA) is 70.6 Å². The minimum absolute atomic E-state index is 0.0159. The van der Waals surface area contributed by atoms with E-state index in [4.69, 9.17) is 4.74 Å². The van der Waals surface area contributed by atoms with Crippen LogP contribution in [0.3, 0.4) is 0 Å². The zero-order valence-corrected chi connectivity index (χ0v) is 12.0. The lowest BCUT2D eigenvalue weighted by molar-refractivity contribution is 0.0659. The number of carbonyl (C=O) groups excluding carboxylic acids is 1. The van der Waals surface area contributed by atoms with Crippen molar-refractivity contribution >= 4 is 6.03 Å². The van der Waals surface area contributed by atoms with Crippen molar-refractivity contribution in [2.45, 2.75) is 25.5 Å². The average Bonchev–Trinajstić information content (AvgIpc) is 2.43. The Balaban J connectivity index is 2.59. The lowest BCUT2D eigenvalue weighted by atomic mass is 10.0. The SMILES string of the molecule is CCC(NC(=O)NCC(O)COC)c1ccc(F)cc1F. The lowest BCUT2D eigenvalue weighted by Gasteiger charge is -2.19. The van der Waals surface area contributed by atoms with Crippen molar-refractivity contribution in [2.24, 2.45) is 0 Å². The van der Waals surface area contributed by atoms with Gasteiger partial charge in [-0.15, -0.1) is 0 Å². The third-order valence-electron chi connectivity index (χ3n) is 2.91. The second-order valence-corrected chi connectivity index (χ2v) is 4.59. The van der Waals surface area contributed by atoms with Gasteiger partial charge in [0, 0.05) is 25.3 Å². The van der Waals surface area contributed by atoms with Crippen LogP contribution in [-0.4, -0.2) is 37.5 Å². The van der Waals surface area contributed by atoms with Crippen LogP contribution < -0.4 is 10.6 Å². The van der Waals surface area contributed by atoms with Gasteiger partial charge in [-0.25, -0.2) is 13.6 Å². The first-order valence-corrected chi connectivity index (χ1v) is 6.64. The molecule has 0 aliphatic heterocycles. The lowest BCUT2D eigenvalue weighted by Crippen LogP contribution is -2.42. The summed E-state index contributed by atoms with van der Waals surface area (Å²) in [5, 5.41) is 14.4. The second kappa shape index (κ2) is 8.53. The van der Waals surface area contributed by atoms with Crippen LogP contribution in [0.4, 0.5) is 13.6 Å². The number of urea groups is 1. The van der Waals surface area contributed by atoms with Crippen LogP contribution in [-0.2, 0) is 4.74 Å². The molecule has 7 heteroatoms. The molecule has 0 spiro atoms. The van der Waals surface area contributed by atoms with Gasteiger partial charge in [0.15, 0.2) is 0 Å². The molecule has 1 aromatic carbocycles. The van der Waals surface area contributed by atoms with Crippen molar-refractivity contribution in [1.29, 1.82) is 0 Å². The number of aliphatic hydroxyl groups excluding tert-OH is 1. The molecule has 5 nitrogen and oxygen atoms in total. The van der Waals surface area contributed by atoms with Gasteiger partial charge < -0.3 is 20.5 Å². The molecule has 0 radical (unpaired) electrons. The van der Waals surface area contributed by atoms with Gasteiger partial charge in [-0.05, 0) is 12.5 Å². The Labute approximate surface area is 122 Å². The van der Waals surface area contributed by atoms with Crippen molar-refractivity contribution in [3.8, 4) is 0 Å². The normalized spacial score (nSPS) is 13.6. The van der Waals surface area contributed by atoms with Crippen LogP contribution in [0.25, 0.3) is 0 Å². The fourth-order valence-electron chi connectivity index (χ4n) is 1.85. The molecule has 0 saturated heterocycles. The van der Waals surface area contributed by atoms with Crippen LogP contribution in [0.1, 0.15) is 24.9 Å². The molecule has 0 heterocycles. The number of amides is 2. The number of rotatable bonds is 7. The molecular formula is C14H20F2N2O3. The number of hydrogen-bond acceptors (Lipinski definition) is 3. The number of benzene rings is 1. The van der Waals surface area contributed by atoms with Crippen LogP contribution in [0.15, 0.2) is 18.2 Å². The maximum atomic E-state index is 13.7. The summed E-state index contributed by atoms with van der Waals surface area (Å²) in [4.78, 5) is 11.7. The van der Waals surface area contributed by atoms with Gasteiger partial charge in [-0.2, -0.15) is 0 Å². The summed E-state index contributed by atoms with van der Waals surface area (Å²) in [5.74, 6) is -1.38. The van der Waals surface area contributed by atoms with Gasteiger partial charge >= 0.3 is 6.03 Å². The second-order valence-electron chi connectivity index (χ2n) is 4.59. The summed E-state index contributed by atoms with van der Waals surface area (Å²) in [6.07, 6.45) is -0.375. The van der Waals surface area contributed by atoms with Gasteiger partial charge in [0.25, 0.3) is 0 Å². The number of hydrogen-bond donors (Lipinski definition) is 3. The number of aliphatic hydroxyl groups is 1. The van der Waals surface area contributed by atoms with Crippen LogP contribution >= 0.6 is 0 Å². The van der Waals surface area contributed by atoms with E-state index in [0.717, 1.165) is 12.1 Å². The zero-order chi connectivity index (χ0) is 15.8. The Hall–Kier alpha value is -1.73. The Morgan fingerprint density at radius 1 is 1.43 bits per heavy atom. The molecule has 0 bridgehead atoms. The highest BCUT2D eigenvalue weighted by Crippen LogP contribution is 2.20. The van der Waals surface area contributed by atoms with E-state index in [1.165, 1.54) is 13.2 Å². The van der Waals surface area contributed by atoms with E-state index in [9.17, 15) is 18.7 Å². The fourth-order valence-corrected chi connectivity index (χ4v) is 1.85. The molecule has 21 heavy (non-hydrogen) atoms. The molecule has 3 N–H and O–H groups in total. The van der Waals surface area contributed by atoms with Crippen LogP contribution in [0.2, 0.25) is 0 Å². The van der Waals surface area contributed by atoms with Gasteiger partial charge in [-0.1, -0.05) is 13.0 Å². The Kier molecular flexibility index (Phi) is 7.04. The highest BCUT2D eigenvalue weighted by molar-refractivity contribution is 5.74. The number of methoxy groups -OCH3 is 1. The zero-order valence-electron chi connectivity index (χ0n) is 12.0. The van der Waals surface area contributed by atoms with Crippen molar-refractivity contribution in [3.63, 3.8) is 0 Å². The first kappa shape index (κ1) is 17.3. The fraction of sp³-hybridized carbons (Fsp3) is 0.500. The summed E-state index contributed by atoms with van der Waals surface area (Å²) < 4.78 is 31.3. The Bertz CT molecular complexity index is 472. The third-order valence-corrected chi connectivity index (χ3v) is 2.91. The molecule has 1 rings (SSSR count). The van der Waals surface area contributed by atoms with Gasteiger partial charge in [0.2, 0.25) is 0 Å². The first-order valence-electron chi connectivity index (χ1n) is 6.64. The highest BCUT2D eigenvalue weighted by atomic mass is 19.1. The van der Waals surface area contributed by atoms with E-state index < -0.39 is 29.8 Å². The Morgan fingerprint density at radius 2 is 2.14 bits per heavy atom. The molecule has 0 aromatic heterocycles. The van der Waals surface area contributed by atoms with E-state index in [-0.39, 0.29) is 18.7 Å². The molecule has 1 aromatic rings. The van der Waals surface area contributed by atoms with E-state index in [1.54, 1.807) is 6.92 Å². The quantitative estimate of drug-likeness (QED) is 0.718. The number of halogens is 2. The monoisotopic (exact) mass is 302 g/mol. The Morgan fingerprint density at radius 3 is 2.71 bits per heavy atom. The molecule has 0 saturated carbocycles. The van der Waals surface area contributed by atoms with Crippen molar-refractivity contribution in [3.05, 3.63) is 35.4 Å². The predicted molar refractivity (Wildman–Crippen MR) is 73.8 cm³/mol. The van der Waals surface area contributed by atoms with Crippen LogP contribution in [0, 0.1) is 11.6 Å². The standard InChI is InChI=1S/C14H20F2N2O3/c1-3-13(11-5-4-9(15)6-12(11)16)18-14(20)17-7-10(19)8-21-2/h4-6,10,13,19H,3,7-8H2,1-2H3,(H2,17,18,20). The molecule has 0 aliphatic carbocycles. The molecule has 0 fully saturated rings. The van der Waals surface area contributed by atoms with Gasteiger partial charge in [0.1, 0.15) is 11.6 Å². The minimum Gasteiger partial charge on any atom is -0.389 e. The van der Waals surface area contributed by atoms with Gasteiger partial charge in [0.05, 0.1) is 18.8 Å². The smallest absolute Gasteiger partial charge is 0.315 e. The molecule has 0 aliphatic rings. The minimum atomic E-state index is -0.816. The van der Waals surface area contributed by atoms with E-state index in [1.807, 2.05) is 0 Å². The van der Waals surface area contributed by atoms with Crippen molar-refractivity contribution in [1.82, 2.24) is 10.6 Å². The third kappa shape index (κ3) is 5.65. The summed E-state index contributed by atoms with van der Waals surface area (Å²) in [6.45, 7) is 1.89. The largest absolute Gasteiger partial charge is 0.389 e. The van der Waals surface area contributed by atoms with Gasteiger partial charge in [-0.3, -0.25) is 0 Å².